The van der Waals surface area contributed by atoms with E-state index in [2.05, 4.69) is 28.9 Å². The molecule has 0 aromatic carbocycles. The van der Waals surface area contributed by atoms with E-state index in [1.807, 2.05) is 12.4 Å². The number of carboxylic acid groups (broad SMARTS) is 1. The van der Waals surface area contributed by atoms with E-state index in [1.54, 1.807) is 0 Å². The average molecular weight is 278 g/mol. The molecule has 1 saturated heterocycles. The van der Waals surface area contributed by atoms with Gasteiger partial charge < -0.3 is 9.84 Å². The van der Waals surface area contributed by atoms with Gasteiger partial charge in [-0.1, -0.05) is 0 Å². The van der Waals surface area contributed by atoms with Gasteiger partial charge in [0.15, 0.2) is 0 Å². The Kier molecular flexibility index (Phi) is 5.49. The van der Waals surface area contributed by atoms with E-state index in [4.69, 9.17) is 9.84 Å². The summed E-state index contributed by atoms with van der Waals surface area (Å²) in [6.07, 6.45) is 5.88. The monoisotopic (exact) mass is 278 g/mol. The van der Waals surface area contributed by atoms with Crippen LogP contribution < -0.4 is 0 Å². The van der Waals surface area contributed by atoms with Gasteiger partial charge in [-0.25, -0.2) is 0 Å². The first-order chi connectivity index (χ1) is 9.66. The van der Waals surface area contributed by atoms with Crippen molar-refractivity contribution in [3.05, 3.63) is 30.1 Å². The molecule has 5 nitrogen and oxygen atoms in total. The largest absolute Gasteiger partial charge is 0.481 e. The van der Waals surface area contributed by atoms with E-state index in [1.165, 1.54) is 5.56 Å². The highest BCUT2D eigenvalue weighted by molar-refractivity contribution is 5.66. The fourth-order valence-corrected chi connectivity index (χ4v) is 2.60. The van der Waals surface area contributed by atoms with Gasteiger partial charge in [-0.05, 0) is 37.5 Å². The number of aromatic nitrogens is 1. The molecular formula is C15H22N2O3. The van der Waals surface area contributed by atoms with E-state index in [0.717, 1.165) is 25.9 Å². The van der Waals surface area contributed by atoms with Crippen LogP contribution in [0.25, 0.3) is 0 Å². The Morgan fingerprint density at radius 1 is 1.45 bits per heavy atom. The Labute approximate surface area is 119 Å². The molecule has 0 amide bonds. The number of hydrogen-bond donors (Lipinski definition) is 1. The lowest BCUT2D eigenvalue weighted by atomic mass is 10.0. The maximum atomic E-state index is 10.4. The zero-order chi connectivity index (χ0) is 14.4. The van der Waals surface area contributed by atoms with Crippen LogP contribution in [0.3, 0.4) is 0 Å². The summed E-state index contributed by atoms with van der Waals surface area (Å²) in [5.74, 6) is -0.797. The van der Waals surface area contributed by atoms with Crippen LogP contribution in [-0.4, -0.2) is 46.8 Å². The molecule has 2 rings (SSSR count). The molecule has 1 N–H and O–H groups in total. The Bertz CT molecular complexity index is 416. The number of piperidine rings is 1. The fourth-order valence-electron chi connectivity index (χ4n) is 2.60. The highest BCUT2D eigenvalue weighted by atomic mass is 16.5. The summed E-state index contributed by atoms with van der Waals surface area (Å²) in [6, 6.07) is 4.50. The van der Waals surface area contributed by atoms with Crippen LogP contribution in [0.1, 0.15) is 37.8 Å². The Balaban J connectivity index is 1.75. The van der Waals surface area contributed by atoms with Crippen LogP contribution in [-0.2, 0) is 9.53 Å². The summed E-state index contributed by atoms with van der Waals surface area (Å²) in [5, 5.41) is 8.59. The lowest BCUT2D eigenvalue weighted by molar-refractivity contribution is -0.138. The van der Waals surface area contributed by atoms with Gasteiger partial charge in [-0.2, -0.15) is 0 Å². The number of likely N-dealkylation sites (tertiary alicyclic amines) is 1. The summed E-state index contributed by atoms with van der Waals surface area (Å²) in [7, 11) is 0. The predicted molar refractivity (Wildman–Crippen MR) is 75.5 cm³/mol. The van der Waals surface area contributed by atoms with Gasteiger partial charge in [-0.15, -0.1) is 0 Å². The van der Waals surface area contributed by atoms with Crippen molar-refractivity contribution < 1.29 is 14.6 Å². The van der Waals surface area contributed by atoms with Crippen molar-refractivity contribution in [1.29, 1.82) is 0 Å². The van der Waals surface area contributed by atoms with Crippen LogP contribution in [0.15, 0.2) is 24.5 Å². The SMILES string of the molecule is CC(c1ccncc1)N1CCC(OCCC(=O)O)CC1. The Hall–Kier alpha value is -1.46. The molecule has 110 valence electrons. The molecular weight excluding hydrogens is 256 g/mol. The number of rotatable bonds is 6. The molecule has 0 radical (unpaired) electrons. The first kappa shape index (κ1) is 14.9. The standard InChI is InChI=1S/C15H22N2O3/c1-12(13-2-7-16-8-3-13)17-9-4-14(5-10-17)20-11-6-15(18)19/h2-3,7-8,12,14H,4-6,9-11H2,1H3,(H,18,19). The molecule has 1 aromatic heterocycles. The normalized spacial score (nSPS) is 18.9. The molecule has 0 saturated carbocycles. The molecule has 2 heterocycles. The van der Waals surface area contributed by atoms with Crippen molar-refractivity contribution in [2.75, 3.05) is 19.7 Å². The van der Waals surface area contributed by atoms with Crippen LogP contribution in [0.2, 0.25) is 0 Å². The van der Waals surface area contributed by atoms with E-state index in [0.29, 0.717) is 12.6 Å². The fraction of sp³-hybridized carbons (Fsp3) is 0.600. The van der Waals surface area contributed by atoms with Crippen LogP contribution in [0, 0.1) is 0 Å². The Morgan fingerprint density at radius 3 is 2.70 bits per heavy atom. The lowest BCUT2D eigenvalue weighted by Crippen LogP contribution is -2.38. The van der Waals surface area contributed by atoms with Gasteiger partial charge in [0.05, 0.1) is 19.1 Å². The molecule has 0 aliphatic carbocycles. The van der Waals surface area contributed by atoms with Crippen molar-refractivity contribution in [1.82, 2.24) is 9.88 Å². The van der Waals surface area contributed by atoms with Crippen molar-refractivity contribution in [3.63, 3.8) is 0 Å². The minimum absolute atomic E-state index is 0.0909. The van der Waals surface area contributed by atoms with E-state index < -0.39 is 5.97 Å². The molecule has 1 aliphatic heterocycles. The number of carbonyl (C=O) groups is 1. The van der Waals surface area contributed by atoms with Crippen LogP contribution in [0.5, 0.6) is 0 Å². The number of aliphatic carboxylic acids is 1. The predicted octanol–water partition coefficient (Wildman–Crippen LogP) is 2.10. The maximum Gasteiger partial charge on any atom is 0.305 e. The van der Waals surface area contributed by atoms with Crippen molar-refractivity contribution in [3.8, 4) is 0 Å². The number of ether oxygens (including phenoxy) is 1. The minimum atomic E-state index is -0.797. The third kappa shape index (κ3) is 4.28. The van der Waals surface area contributed by atoms with Gasteiger partial charge in [0.1, 0.15) is 0 Å². The van der Waals surface area contributed by atoms with Gasteiger partial charge >= 0.3 is 5.97 Å². The topological polar surface area (TPSA) is 62.7 Å². The number of nitrogens with zero attached hydrogens (tertiary/aromatic N) is 2. The molecule has 1 fully saturated rings. The zero-order valence-electron chi connectivity index (χ0n) is 11.9. The summed E-state index contributed by atoms with van der Waals surface area (Å²) in [4.78, 5) is 16.9. The molecule has 20 heavy (non-hydrogen) atoms. The highest BCUT2D eigenvalue weighted by Gasteiger charge is 2.23. The van der Waals surface area contributed by atoms with Gasteiger partial charge in [0, 0.05) is 31.5 Å². The lowest BCUT2D eigenvalue weighted by Gasteiger charge is -2.36. The van der Waals surface area contributed by atoms with Gasteiger partial charge in [0.2, 0.25) is 0 Å². The molecule has 1 aliphatic rings. The molecule has 1 aromatic rings. The number of carboxylic acids is 1. The minimum Gasteiger partial charge on any atom is -0.481 e. The third-order valence-corrected chi connectivity index (χ3v) is 3.88. The number of hydrogen-bond acceptors (Lipinski definition) is 4. The molecule has 0 bridgehead atoms. The van der Waals surface area contributed by atoms with Crippen molar-refractivity contribution in [2.45, 2.75) is 38.3 Å². The van der Waals surface area contributed by atoms with Crippen LogP contribution >= 0.6 is 0 Å². The quantitative estimate of drug-likeness (QED) is 0.863. The van der Waals surface area contributed by atoms with Gasteiger partial charge in [-0.3, -0.25) is 14.7 Å². The maximum absolute atomic E-state index is 10.4. The summed E-state index contributed by atoms with van der Waals surface area (Å²) >= 11 is 0. The molecule has 1 atom stereocenters. The summed E-state index contributed by atoms with van der Waals surface area (Å²) < 4.78 is 5.61. The number of pyridine rings is 1. The second-order valence-corrected chi connectivity index (χ2v) is 5.21. The summed E-state index contributed by atoms with van der Waals surface area (Å²) in [6.45, 7) is 4.50. The first-order valence-electron chi connectivity index (χ1n) is 7.14. The first-order valence-corrected chi connectivity index (χ1v) is 7.14. The molecule has 0 spiro atoms. The van der Waals surface area contributed by atoms with Crippen molar-refractivity contribution in [2.24, 2.45) is 0 Å². The van der Waals surface area contributed by atoms with E-state index >= 15 is 0 Å². The van der Waals surface area contributed by atoms with Gasteiger partial charge in [0.25, 0.3) is 0 Å². The second-order valence-electron chi connectivity index (χ2n) is 5.21. The van der Waals surface area contributed by atoms with E-state index in [-0.39, 0.29) is 12.5 Å². The van der Waals surface area contributed by atoms with Crippen LogP contribution in [0.4, 0.5) is 0 Å². The Morgan fingerprint density at radius 2 is 2.10 bits per heavy atom. The van der Waals surface area contributed by atoms with E-state index in [9.17, 15) is 4.79 Å². The zero-order valence-corrected chi connectivity index (χ0v) is 11.9. The average Bonchev–Trinajstić information content (AvgIpc) is 2.48. The third-order valence-electron chi connectivity index (χ3n) is 3.88. The highest BCUT2D eigenvalue weighted by Crippen LogP contribution is 2.24. The second kappa shape index (κ2) is 7.36. The summed E-state index contributed by atoms with van der Waals surface area (Å²) in [5.41, 5.74) is 1.28. The molecule has 1 unspecified atom stereocenters. The smallest absolute Gasteiger partial charge is 0.305 e. The van der Waals surface area contributed by atoms with Crippen molar-refractivity contribution >= 4 is 5.97 Å². The molecule has 5 heteroatoms.